The normalized spacial score (nSPS) is 10.4. The third-order valence-corrected chi connectivity index (χ3v) is 6.24. The van der Waals surface area contributed by atoms with E-state index < -0.39 is 0 Å². The zero-order chi connectivity index (χ0) is 20.8. The highest BCUT2D eigenvalue weighted by Crippen LogP contribution is 2.29. The first-order valence-electron chi connectivity index (χ1n) is 8.65. The molecule has 1 heterocycles. The average molecular weight is 519 g/mol. The highest BCUT2D eigenvalue weighted by atomic mass is 127. The number of rotatable bonds is 7. The fourth-order valence-electron chi connectivity index (χ4n) is 2.68. The smallest absolute Gasteiger partial charge is 0.265 e. The van der Waals surface area contributed by atoms with Gasteiger partial charge in [-0.1, -0.05) is 30.0 Å². The number of aromatic amines is 1. The van der Waals surface area contributed by atoms with Gasteiger partial charge >= 0.3 is 0 Å². The molecule has 8 heteroatoms. The van der Waals surface area contributed by atoms with E-state index in [2.05, 4.69) is 16.0 Å². The Labute approximate surface area is 186 Å². The number of ether oxygens (including phenoxy) is 2. The number of nitrogens with zero attached hydrogens (tertiary/aromatic N) is 2. The van der Waals surface area contributed by atoms with E-state index in [1.165, 1.54) is 11.8 Å². The van der Waals surface area contributed by atoms with Gasteiger partial charge in [0.25, 0.3) is 5.56 Å². The number of benzene rings is 2. The van der Waals surface area contributed by atoms with Crippen LogP contribution in [-0.2, 0) is 12.2 Å². The standard InChI is InChI=1S/C21H18IN3O3S/c1-27-17-8-7-15(10-18(17)28-2)9-16-19(22)20(26)25-21(24-16)29-12-14-5-3-13(11-23)4-6-14/h3-8,10H,9,12H2,1-2H3,(H,24,25,26). The van der Waals surface area contributed by atoms with E-state index >= 15 is 0 Å². The highest BCUT2D eigenvalue weighted by molar-refractivity contribution is 14.1. The summed E-state index contributed by atoms with van der Waals surface area (Å²) in [7, 11) is 3.19. The van der Waals surface area contributed by atoms with E-state index in [9.17, 15) is 4.79 Å². The monoisotopic (exact) mass is 519 g/mol. The Morgan fingerprint density at radius 2 is 1.79 bits per heavy atom. The van der Waals surface area contributed by atoms with Crippen molar-refractivity contribution in [2.75, 3.05) is 14.2 Å². The molecule has 0 bridgehead atoms. The van der Waals surface area contributed by atoms with Gasteiger partial charge in [0.1, 0.15) is 3.57 Å². The summed E-state index contributed by atoms with van der Waals surface area (Å²) in [5.74, 6) is 1.94. The molecule has 0 aliphatic heterocycles. The fourth-order valence-corrected chi connectivity index (χ4v) is 3.96. The maximum Gasteiger partial charge on any atom is 0.265 e. The molecule has 0 unspecified atom stereocenters. The molecule has 3 aromatic rings. The molecule has 3 rings (SSSR count). The quantitative estimate of drug-likeness (QED) is 0.287. The van der Waals surface area contributed by atoms with Crippen molar-refractivity contribution in [3.63, 3.8) is 0 Å². The molecule has 0 saturated carbocycles. The van der Waals surface area contributed by atoms with Crippen molar-refractivity contribution in [3.05, 3.63) is 78.8 Å². The van der Waals surface area contributed by atoms with Gasteiger partial charge < -0.3 is 14.5 Å². The molecule has 0 radical (unpaired) electrons. The minimum absolute atomic E-state index is 0.154. The third-order valence-electron chi connectivity index (χ3n) is 4.19. The van der Waals surface area contributed by atoms with Crippen molar-refractivity contribution >= 4 is 34.4 Å². The molecular formula is C21H18IN3O3S. The predicted molar refractivity (Wildman–Crippen MR) is 121 cm³/mol. The Balaban J connectivity index is 1.80. The van der Waals surface area contributed by atoms with E-state index in [-0.39, 0.29) is 5.56 Å². The molecule has 0 spiro atoms. The van der Waals surface area contributed by atoms with Crippen molar-refractivity contribution in [1.29, 1.82) is 5.26 Å². The summed E-state index contributed by atoms with van der Waals surface area (Å²) in [6.45, 7) is 0. The minimum atomic E-state index is -0.154. The molecule has 0 saturated heterocycles. The van der Waals surface area contributed by atoms with Crippen LogP contribution in [0.25, 0.3) is 0 Å². The Bertz CT molecular complexity index is 1110. The van der Waals surface area contributed by atoms with Crippen LogP contribution >= 0.6 is 34.4 Å². The van der Waals surface area contributed by atoms with Crippen LogP contribution in [0.4, 0.5) is 0 Å². The van der Waals surface area contributed by atoms with Crippen LogP contribution in [0.5, 0.6) is 11.5 Å². The Morgan fingerprint density at radius 3 is 2.45 bits per heavy atom. The summed E-state index contributed by atoms with van der Waals surface area (Å²) in [6.07, 6.45) is 0.507. The first kappa shape index (κ1) is 21.2. The van der Waals surface area contributed by atoms with Gasteiger partial charge in [0.2, 0.25) is 0 Å². The molecule has 0 atom stereocenters. The first-order chi connectivity index (χ1) is 14.0. The molecule has 29 heavy (non-hydrogen) atoms. The molecule has 0 aliphatic carbocycles. The minimum Gasteiger partial charge on any atom is -0.493 e. The second kappa shape index (κ2) is 9.80. The van der Waals surface area contributed by atoms with Crippen LogP contribution in [-0.4, -0.2) is 24.2 Å². The van der Waals surface area contributed by atoms with Crippen molar-refractivity contribution in [2.45, 2.75) is 17.3 Å². The summed E-state index contributed by atoms with van der Waals surface area (Å²) in [4.78, 5) is 19.9. The van der Waals surface area contributed by atoms with Gasteiger partial charge in [0, 0.05) is 12.2 Å². The zero-order valence-electron chi connectivity index (χ0n) is 15.9. The molecule has 0 aliphatic rings. The summed E-state index contributed by atoms with van der Waals surface area (Å²) < 4.78 is 11.2. The lowest BCUT2D eigenvalue weighted by Gasteiger charge is -2.10. The van der Waals surface area contributed by atoms with Gasteiger partial charge in [-0.25, -0.2) is 4.98 Å². The summed E-state index contributed by atoms with van der Waals surface area (Å²) in [6, 6.07) is 15.1. The summed E-state index contributed by atoms with van der Waals surface area (Å²) in [5.41, 5.74) is 3.21. The second-order valence-corrected chi connectivity index (χ2v) is 8.14. The number of H-pyrrole nitrogens is 1. The Morgan fingerprint density at radius 1 is 1.10 bits per heavy atom. The number of halogens is 1. The fraction of sp³-hybridized carbons (Fsp3) is 0.190. The lowest BCUT2D eigenvalue weighted by molar-refractivity contribution is 0.354. The Kier molecular flexibility index (Phi) is 7.17. The largest absolute Gasteiger partial charge is 0.493 e. The molecule has 148 valence electrons. The second-order valence-electron chi connectivity index (χ2n) is 6.10. The predicted octanol–water partition coefficient (Wildman–Crippen LogP) is 4.15. The molecule has 2 aromatic carbocycles. The van der Waals surface area contributed by atoms with Crippen LogP contribution in [0.1, 0.15) is 22.4 Å². The topological polar surface area (TPSA) is 88.0 Å². The molecule has 0 fully saturated rings. The molecular weight excluding hydrogens is 501 g/mol. The lowest BCUT2D eigenvalue weighted by Crippen LogP contribution is -2.16. The Hall–Kier alpha value is -2.51. The number of nitriles is 1. The van der Waals surface area contributed by atoms with Crippen LogP contribution in [0, 0.1) is 14.9 Å². The van der Waals surface area contributed by atoms with Gasteiger partial charge in [0.05, 0.1) is 31.5 Å². The van der Waals surface area contributed by atoms with Gasteiger partial charge in [0.15, 0.2) is 16.7 Å². The van der Waals surface area contributed by atoms with E-state index in [1.54, 1.807) is 26.4 Å². The van der Waals surface area contributed by atoms with Crippen molar-refractivity contribution in [2.24, 2.45) is 0 Å². The molecule has 0 amide bonds. The number of thioether (sulfide) groups is 1. The number of hydrogen-bond donors (Lipinski definition) is 1. The van der Waals surface area contributed by atoms with Gasteiger partial charge in [-0.3, -0.25) is 4.79 Å². The molecule has 6 nitrogen and oxygen atoms in total. The van der Waals surface area contributed by atoms with Crippen LogP contribution < -0.4 is 15.0 Å². The van der Waals surface area contributed by atoms with E-state index in [4.69, 9.17) is 14.7 Å². The molecule has 1 N–H and O–H groups in total. The van der Waals surface area contributed by atoms with Crippen LogP contribution in [0.2, 0.25) is 0 Å². The number of hydrogen-bond acceptors (Lipinski definition) is 6. The number of aromatic nitrogens is 2. The van der Waals surface area contributed by atoms with Gasteiger partial charge in [-0.05, 0) is 58.0 Å². The van der Waals surface area contributed by atoms with Gasteiger partial charge in [-0.15, -0.1) is 0 Å². The third kappa shape index (κ3) is 5.31. The lowest BCUT2D eigenvalue weighted by atomic mass is 10.1. The van der Waals surface area contributed by atoms with E-state index in [0.29, 0.717) is 43.7 Å². The van der Waals surface area contributed by atoms with Gasteiger partial charge in [-0.2, -0.15) is 5.26 Å². The first-order valence-corrected chi connectivity index (χ1v) is 10.7. The highest BCUT2D eigenvalue weighted by Gasteiger charge is 2.12. The van der Waals surface area contributed by atoms with Crippen molar-refractivity contribution in [3.8, 4) is 17.6 Å². The number of methoxy groups -OCH3 is 2. The number of nitrogens with one attached hydrogen (secondary N) is 1. The van der Waals surface area contributed by atoms with Crippen molar-refractivity contribution < 1.29 is 9.47 Å². The summed E-state index contributed by atoms with van der Waals surface area (Å²) >= 11 is 3.48. The average Bonchev–Trinajstić information content (AvgIpc) is 2.75. The SMILES string of the molecule is COc1ccc(Cc2nc(SCc3ccc(C#N)cc3)[nH]c(=O)c2I)cc1OC. The zero-order valence-corrected chi connectivity index (χ0v) is 18.8. The van der Waals surface area contributed by atoms with E-state index in [0.717, 1.165) is 11.1 Å². The maximum absolute atomic E-state index is 12.4. The van der Waals surface area contributed by atoms with E-state index in [1.807, 2.05) is 52.9 Å². The van der Waals surface area contributed by atoms with Crippen molar-refractivity contribution in [1.82, 2.24) is 9.97 Å². The molecule has 1 aromatic heterocycles. The summed E-state index contributed by atoms with van der Waals surface area (Å²) in [5, 5.41) is 9.45. The van der Waals surface area contributed by atoms with Crippen LogP contribution in [0.15, 0.2) is 52.4 Å². The van der Waals surface area contributed by atoms with Crippen LogP contribution in [0.3, 0.4) is 0 Å². The maximum atomic E-state index is 12.4.